The Hall–Kier alpha value is -1.06. The first-order chi connectivity index (χ1) is 28.4. The van der Waals surface area contributed by atoms with Crippen LogP contribution in [0.25, 0.3) is 0 Å². The van der Waals surface area contributed by atoms with Crippen molar-refractivity contribution in [2.24, 2.45) is 5.41 Å². The van der Waals surface area contributed by atoms with Crippen molar-refractivity contribution in [3.8, 4) is 0 Å². The van der Waals surface area contributed by atoms with E-state index in [4.69, 9.17) is 9.47 Å². The molecule has 0 bridgehead atoms. The summed E-state index contributed by atoms with van der Waals surface area (Å²) in [5.74, 6) is -0.168. The van der Waals surface area contributed by atoms with Crippen LogP contribution in [0, 0.1) is 5.41 Å². The van der Waals surface area contributed by atoms with Gasteiger partial charge in [-0.1, -0.05) is 285 Å². The van der Waals surface area contributed by atoms with Crippen molar-refractivity contribution in [2.75, 3.05) is 13.2 Å². The summed E-state index contributed by atoms with van der Waals surface area (Å²) < 4.78 is 11.1. The van der Waals surface area contributed by atoms with E-state index in [1.807, 2.05) is 0 Å². The highest BCUT2D eigenvalue weighted by molar-refractivity contribution is 5.69. The Balaban J connectivity index is 3.42. The minimum Gasteiger partial charge on any atom is -0.466 e. The summed E-state index contributed by atoms with van der Waals surface area (Å²) in [5.41, 5.74) is -0.185. The average molecular weight is 819 g/mol. The van der Waals surface area contributed by atoms with E-state index in [-0.39, 0.29) is 17.4 Å². The summed E-state index contributed by atoms with van der Waals surface area (Å²) in [6.07, 6.45) is 59.2. The zero-order valence-corrected chi connectivity index (χ0v) is 40.4. The number of hydrogen-bond donors (Lipinski definition) is 0. The molecule has 0 aromatic carbocycles. The number of rotatable bonds is 49. The molecule has 0 aromatic rings. The highest BCUT2D eigenvalue weighted by Gasteiger charge is 2.21. The second-order valence-electron chi connectivity index (χ2n) is 19.4. The second kappa shape index (κ2) is 47.0. The van der Waals surface area contributed by atoms with Crippen molar-refractivity contribution in [1.82, 2.24) is 0 Å². The second-order valence-corrected chi connectivity index (χ2v) is 19.4. The van der Waals surface area contributed by atoms with Crippen LogP contribution in [0.3, 0.4) is 0 Å². The minimum absolute atomic E-state index is 0.0830. The molecule has 0 radical (unpaired) electrons. The summed E-state index contributed by atoms with van der Waals surface area (Å²) in [6, 6.07) is 0. The molecule has 0 atom stereocenters. The lowest BCUT2D eigenvalue weighted by Crippen LogP contribution is -2.24. The topological polar surface area (TPSA) is 52.6 Å². The summed E-state index contributed by atoms with van der Waals surface area (Å²) in [6.45, 7) is 9.56. The number of unbranched alkanes of at least 4 members (excludes halogenated alkanes) is 40. The molecule has 0 fully saturated rings. The van der Waals surface area contributed by atoms with Crippen LogP contribution in [0.15, 0.2) is 0 Å². The van der Waals surface area contributed by atoms with Gasteiger partial charge < -0.3 is 9.47 Å². The SMILES string of the molecule is CCCCCCCCCCCCCCCCCCCCCCCC(=O)OCCC(C)(C)COC(=O)CCCCCCCCCCCCCCCCCCCCCCC. The number of esters is 2. The Bertz CT molecular complexity index is 822. The van der Waals surface area contributed by atoms with Crippen molar-refractivity contribution < 1.29 is 19.1 Å². The minimum atomic E-state index is -0.185. The predicted octanol–water partition coefficient (Wildman–Crippen LogP) is 18.7. The van der Waals surface area contributed by atoms with E-state index in [0.29, 0.717) is 32.5 Å². The maximum atomic E-state index is 12.3. The largest absolute Gasteiger partial charge is 0.466 e. The van der Waals surface area contributed by atoms with Gasteiger partial charge in [0.15, 0.2) is 0 Å². The van der Waals surface area contributed by atoms with Gasteiger partial charge in [-0.05, 0) is 19.3 Å². The number of carbonyl (C=O) groups is 2. The Morgan fingerprint density at radius 3 is 0.759 bits per heavy atom. The first-order valence-electron chi connectivity index (χ1n) is 26.7. The highest BCUT2D eigenvalue weighted by atomic mass is 16.5. The van der Waals surface area contributed by atoms with Crippen LogP contribution in [-0.2, 0) is 19.1 Å². The molecule has 346 valence electrons. The molecule has 0 rings (SSSR count). The fourth-order valence-electron chi connectivity index (χ4n) is 8.34. The van der Waals surface area contributed by atoms with Gasteiger partial charge in [-0.2, -0.15) is 0 Å². The van der Waals surface area contributed by atoms with Crippen molar-refractivity contribution in [2.45, 2.75) is 317 Å². The molecule has 0 saturated heterocycles. The van der Waals surface area contributed by atoms with Crippen LogP contribution >= 0.6 is 0 Å². The van der Waals surface area contributed by atoms with E-state index < -0.39 is 0 Å². The van der Waals surface area contributed by atoms with Crippen molar-refractivity contribution in [1.29, 1.82) is 0 Å². The molecular formula is C54H106O4. The van der Waals surface area contributed by atoms with Gasteiger partial charge in [0.1, 0.15) is 0 Å². The Labute approximate surface area is 365 Å². The van der Waals surface area contributed by atoms with E-state index in [0.717, 1.165) is 25.7 Å². The molecule has 0 aliphatic rings. The molecule has 0 aliphatic heterocycles. The lowest BCUT2D eigenvalue weighted by molar-refractivity contribution is -0.149. The number of carbonyl (C=O) groups excluding carboxylic acids is 2. The standard InChI is InChI=1S/C54H106O4/c1-5-7-9-11-13-15-17-19-21-23-25-27-29-31-33-35-37-39-41-43-45-47-52(55)57-50-49-54(3,4)51-58-53(56)48-46-44-42-40-38-36-34-32-30-28-26-24-22-20-18-16-14-12-10-8-6-2/h5-51H2,1-4H3. The molecule has 58 heavy (non-hydrogen) atoms. The van der Waals surface area contributed by atoms with Crippen LogP contribution in [0.5, 0.6) is 0 Å². The molecule has 0 saturated carbocycles. The number of hydrogen-bond acceptors (Lipinski definition) is 4. The van der Waals surface area contributed by atoms with Gasteiger partial charge in [-0.15, -0.1) is 0 Å². The van der Waals surface area contributed by atoms with Crippen molar-refractivity contribution in [3.05, 3.63) is 0 Å². The Morgan fingerprint density at radius 1 is 0.310 bits per heavy atom. The third-order valence-corrected chi connectivity index (χ3v) is 12.6. The van der Waals surface area contributed by atoms with E-state index in [9.17, 15) is 9.59 Å². The Morgan fingerprint density at radius 2 is 0.517 bits per heavy atom. The molecule has 0 aromatic heterocycles. The monoisotopic (exact) mass is 819 g/mol. The van der Waals surface area contributed by atoms with E-state index >= 15 is 0 Å². The first-order valence-corrected chi connectivity index (χ1v) is 26.7. The van der Waals surface area contributed by atoms with Gasteiger partial charge in [0.05, 0.1) is 13.2 Å². The summed E-state index contributed by atoms with van der Waals surface area (Å²) in [5, 5.41) is 0. The van der Waals surface area contributed by atoms with Gasteiger partial charge in [0, 0.05) is 18.3 Å². The maximum absolute atomic E-state index is 12.3. The quantitative estimate of drug-likeness (QED) is 0.0453. The lowest BCUT2D eigenvalue weighted by atomic mass is 9.91. The molecular weight excluding hydrogens is 713 g/mol. The zero-order chi connectivity index (χ0) is 42.3. The van der Waals surface area contributed by atoms with Crippen LogP contribution in [0.1, 0.15) is 317 Å². The summed E-state index contributed by atoms with van der Waals surface area (Å²) in [7, 11) is 0. The molecule has 0 unspecified atom stereocenters. The zero-order valence-electron chi connectivity index (χ0n) is 40.4. The third kappa shape index (κ3) is 47.6. The Kier molecular flexibility index (Phi) is 46.1. The van der Waals surface area contributed by atoms with Gasteiger partial charge in [0.2, 0.25) is 0 Å². The molecule has 0 amide bonds. The van der Waals surface area contributed by atoms with Crippen LogP contribution in [-0.4, -0.2) is 25.2 Å². The molecule has 0 heterocycles. The van der Waals surface area contributed by atoms with E-state index in [1.165, 1.54) is 244 Å². The fourth-order valence-corrected chi connectivity index (χ4v) is 8.34. The molecule has 0 aliphatic carbocycles. The van der Waals surface area contributed by atoms with Gasteiger partial charge in [-0.25, -0.2) is 0 Å². The molecule has 4 heteroatoms. The van der Waals surface area contributed by atoms with Crippen LogP contribution < -0.4 is 0 Å². The van der Waals surface area contributed by atoms with Crippen molar-refractivity contribution in [3.63, 3.8) is 0 Å². The van der Waals surface area contributed by atoms with Gasteiger partial charge in [0.25, 0.3) is 0 Å². The van der Waals surface area contributed by atoms with Crippen LogP contribution in [0.4, 0.5) is 0 Å². The average Bonchev–Trinajstić information content (AvgIpc) is 3.21. The normalized spacial score (nSPS) is 11.7. The maximum Gasteiger partial charge on any atom is 0.305 e. The number of ether oxygens (including phenoxy) is 2. The predicted molar refractivity (Wildman–Crippen MR) is 255 cm³/mol. The fraction of sp³-hybridized carbons (Fsp3) is 0.963. The smallest absolute Gasteiger partial charge is 0.305 e. The molecule has 4 nitrogen and oxygen atoms in total. The summed E-state index contributed by atoms with van der Waals surface area (Å²) in [4.78, 5) is 24.6. The molecule has 0 N–H and O–H groups in total. The van der Waals surface area contributed by atoms with Gasteiger partial charge in [-0.3, -0.25) is 9.59 Å². The molecule has 0 spiro atoms. The van der Waals surface area contributed by atoms with Crippen molar-refractivity contribution >= 4 is 11.9 Å². The third-order valence-electron chi connectivity index (χ3n) is 12.6. The van der Waals surface area contributed by atoms with E-state index in [1.54, 1.807) is 0 Å². The first kappa shape index (κ1) is 56.9. The van der Waals surface area contributed by atoms with Crippen LogP contribution in [0.2, 0.25) is 0 Å². The lowest BCUT2D eigenvalue weighted by Gasteiger charge is -2.23. The summed E-state index contributed by atoms with van der Waals surface area (Å²) >= 11 is 0. The van der Waals surface area contributed by atoms with E-state index in [2.05, 4.69) is 27.7 Å². The highest BCUT2D eigenvalue weighted by Crippen LogP contribution is 2.22. The van der Waals surface area contributed by atoms with Gasteiger partial charge >= 0.3 is 11.9 Å².